The molecule has 0 N–H and O–H groups in total. The summed E-state index contributed by atoms with van der Waals surface area (Å²) in [5.41, 5.74) is 3.55. The number of carbonyl (C=O) groups excluding carboxylic acids is 1. The number of hydrogen-bond donors (Lipinski definition) is 0. The van der Waals surface area contributed by atoms with Gasteiger partial charge in [-0.1, -0.05) is 30.3 Å². The third-order valence-electron chi connectivity index (χ3n) is 4.70. The van der Waals surface area contributed by atoms with Gasteiger partial charge in [-0.15, -0.1) is 0 Å². The predicted molar refractivity (Wildman–Crippen MR) is 106 cm³/mol. The fraction of sp³-hybridized carbons (Fsp3) is 0.348. The number of rotatable bonds is 6. The number of hydrogen-bond acceptors (Lipinski definition) is 4. The van der Waals surface area contributed by atoms with Crippen LogP contribution in [0.15, 0.2) is 48.5 Å². The van der Waals surface area contributed by atoms with Crippen LogP contribution in [0.25, 0.3) is 5.57 Å². The van der Waals surface area contributed by atoms with Crippen molar-refractivity contribution in [1.29, 1.82) is 0 Å². The van der Waals surface area contributed by atoms with Crippen molar-refractivity contribution in [2.75, 3.05) is 13.7 Å². The zero-order valence-corrected chi connectivity index (χ0v) is 16.4. The lowest BCUT2D eigenvalue weighted by molar-refractivity contribution is -0.158. The minimum atomic E-state index is -1.04. The average Bonchev–Trinajstić information content (AvgIpc) is 2.68. The molecule has 0 heterocycles. The van der Waals surface area contributed by atoms with Crippen LogP contribution in [0.3, 0.4) is 0 Å². The Hall–Kier alpha value is -2.75. The summed E-state index contributed by atoms with van der Waals surface area (Å²) in [6, 6.07) is 14.1. The average molecular weight is 366 g/mol. The SMILES string of the molecule is CCOC(=O)C(C)(C)Oc1cccc2c1CCC=C2c1ccc(OC)cc1. The highest BCUT2D eigenvalue weighted by Gasteiger charge is 2.33. The highest BCUT2D eigenvalue weighted by atomic mass is 16.6. The van der Waals surface area contributed by atoms with Crippen LogP contribution in [0.1, 0.15) is 43.9 Å². The van der Waals surface area contributed by atoms with E-state index >= 15 is 0 Å². The first-order valence-electron chi connectivity index (χ1n) is 9.29. The Morgan fingerprint density at radius 3 is 2.52 bits per heavy atom. The minimum Gasteiger partial charge on any atom is -0.497 e. The summed E-state index contributed by atoms with van der Waals surface area (Å²) in [4.78, 5) is 12.2. The van der Waals surface area contributed by atoms with Crippen molar-refractivity contribution in [3.63, 3.8) is 0 Å². The molecule has 1 aliphatic carbocycles. The Bertz CT molecular complexity index is 847. The van der Waals surface area contributed by atoms with Gasteiger partial charge >= 0.3 is 5.97 Å². The summed E-state index contributed by atoms with van der Waals surface area (Å²) in [6.45, 7) is 5.62. The maximum atomic E-state index is 12.2. The van der Waals surface area contributed by atoms with Gasteiger partial charge < -0.3 is 14.2 Å². The summed E-state index contributed by atoms with van der Waals surface area (Å²) < 4.78 is 16.5. The van der Waals surface area contributed by atoms with Crippen LogP contribution < -0.4 is 9.47 Å². The second-order valence-corrected chi connectivity index (χ2v) is 7.00. The molecule has 0 amide bonds. The van der Waals surface area contributed by atoms with Crippen molar-refractivity contribution < 1.29 is 19.0 Å². The van der Waals surface area contributed by atoms with E-state index in [0.29, 0.717) is 6.61 Å². The van der Waals surface area contributed by atoms with Gasteiger partial charge in [0, 0.05) is 5.56 Å². The molecule has 0 radical (unpaired) electrons. The molecule has 4 nitrogen and oxygen atoms in total. The van der Waals surface area contributed by atoms with E-state index < -0.39 is 5.60 Å². The quantitative estimate of drug-likeness (QED) is 0.689. The van der Waals surface area contributed by atoms with Gasteiger partial charge in [0.1, 0.15) is 11.5 Å². The Labute approximate surface area is 160 Å². The summed E-state index contributed by atoms with van der Waals surface area (Å²) in [5, 5.41) is 0. The Morgan fingerprint density at radius 1 is 1.11 bits per heavy atom. The maximum absolute atomic E-state index is 12.2. The summed E-state index contributed by atoms with van der Waals surface area (Å²) >= 11 is 0. The first-order chi connectivity index (χ1) is 13.0. The number of benzene rings is 2. The van der Waals surface area contributed by atoms with Gasteiger partial charge in [0.25, 0.3) is 0 Å². The molecule has 0 spiro atoms. The fourth-order valence-corrected chi connectivity index (χ4v) is 3.31. The van der Waals surface area contributed by atoms with Crippen molar-refractivity contribution >= 4 is 11.5 Å². The molecule has 0 aromatic heterocycles. The highest BCUT2D eigenvalue weighted by Crippen LogP contribution is 2.38. The molecule has 4 heteroatoms. The van der Waals surface area contributed by atoms with Crippen LogP contribution in [0, 0.1) is 0 Å². The summed E-state index contributed by atoms with van der Waals surface area (Å²) in [5.74, 6) is 1.22. The van der Waals surface area contributed by atoms with Crippen molar-refractivity contribution in [2.24, 2.45) is 0 Å². The van der Waals surface area contributed by atoms with Gasteiger partial charge in [-0.25, -0.2) is 4.79 Å². The largest absolute Gasteiger partial charge is 0.497 e. The van der Waals surface area contributed by atoms with Crippen LogP contribution in [0.5, 0.6) is 11.5 Å². The number of fused-ring (bicyclic) bond motifs is 1. The van der Waals surface area contributed by atoms with Gasteiger partial charge in [-0.05, 0) is 68.5 Å². The van der Waals surface area contributed by atoms with Gasteiger partial charge in [0.2, 0.25) is 0 Å². The number of allylic oxidation sites excluding steroid dienone is 1. The molecule has 27 heavy (non-hydrogen) atoms. The predicted octanol–water partition coefficient (Wildman–Crippen LogP) is 4.79. The topological polar surface area (TPSA) is 44.8 Å². The van der Waals surface area contributed by atoms with Gasteiger partial charge in [-0.3, -0.25) is 0 Å². The van der Waals surface area contributed by atoms with E-state index in [4.69, 9.17) is 14.2 Å². The van der Waals surface area contributed by atoms with Crippen molar-refractivity contribution in [2.45, 2.75) is 39.2 Å². The molecule has 3 rings (SSSR count). The van der Waals surface area contributed by atoms with E-state index in [1.54, 1.807) is 27.9 Å². The second kappa shape index (κ2) is 7.87. The maximum Gasteiger partial charge on any atom is 0.349 e. The molecule has 2 aromatic rings. The van der Waals surface area contributed by atoms with Gasteiger partial charge in [0.05, 0.1) is 13.7 Å². The lowest BCUT2D eigenvalue weighted by atomic mass is 9.86. The molecular weight excluding hydrogens is 340 g/mol. The normalized spacial score (nSPS) is 13.4. The zero-order chi connectivity index (χ0) is 19.4. The molecule has 0 aliphatic heterocycles. The van der Waals surface area contributed by atoms with Gasteiger partial charge in [0.15, 0.2) is 5.60 Å². The van der Waals surface area contributed by atoms with Crippen LogP contribution >= 0.6 is 0 Å². The third kappa shape index (κ3) is 4.00. The highest BCUT2D eigenvalue weighted by molar-refractivity contribution is 5.84. The van der Waals surface area contributed by atoms with Crippen LogP contribution in [-0.2, 0) is 16.0 Å². The summed E-state index contributed by atoms with van der Waals surface area (Å²) in [6.07, 6.45) is 4.06. The zero-order valence-electron chi connectivity index (χ0n) is 16.4. The van der Waals surface area contributed by atoms with Crippen LogP contribution in [0.2, 0.25) is 0 Å². The van der Waals surface area contributed by atoms with Gasteiger partial charge in [-0.2, -0.15) is 0 Å². The number of carbonyl (C=O) groups is 1. The molecule has 0 saturated heterocycles. The lowest BCUT2D eigenvalue weighted by Gasteiger charge is -2.28. The Morgan fingerprint density at radius 2 is 1.85 bits per heavy atom. The molecular formula is C23H26O4. The molecule has 0 fully saturated rings. The van der Waals surface area contributed by atoms with Crippen LogP contribution in [0.4, 0.5) is 0 Å². The molecule has 0 bridgehead atoms. The van der Waals surface area contributed by atoms with Crippen molar-refractivity contribution in [3.05, 3.63) is 65.2 Å². The lowest BCUT2D eigenvalue weighted by Crippen LogP contribution is -2.40. The fourth-order valence-electron chi connectivity index (χ4n) is 3.31. The number of esters is 1. The van der Waals surface area contributed by atoms with Crippen molar-refractivity contribution in [1.82, 2.24) is 0 Å². The van der Waals surface area contributed by atoms with Crippen molar-refractivity contribution in [3.8, 4) is 11.5 Å². The van der Waals surface area contributed by atoms with Crippen LogP contribution in [-0.4, -0.2) is 25.3 Å². The standard InChI is InChI=1S/C23H26O4/c1-5-26-22(24)23(2,3)27-21-11-7-9-19-18(8-6-10-20(19)21)16-12-14-17(25-4)15-13-16/h7-9,11-15H,5-6,10H2,1-4H3. The molecule has 0 unspecified atom stereocenters. The smallest absolute Gasteiger partial charge is 0.349 e. The molecule has 142 valence electrons. The Balaban J connectivity index is 1.94. The van der Waals surface area contributed by atoms with E-state index in [1.165, 1.54) is 5.57 Å². The molecule has 0 saturated carbocycles. The molecule has 2 aromatic carbocycles. The van der Waals surface area contributed by atoms with E-state index in [-0.39, 0.29) is 5.97 Å². The number of ether oxygens (including phenoxy) is 3. The summed E-state index contributed by atoms with van der Waals surface area (Å²) in [7, 11) is 1.67. The van der Waals surface area contributed by atoms with E-state index in [9.17, 15) is 4.79 Å². The van der Waals surface area contributed by atoms with E-state index in [0.717, 1.165) is 41.0 Å². The monoisotopic (exact) mass is 366 g/mol. The second-order valence-electron chi connectivity index (χ2n) is 7.00. The molecule has 0 atom stereocenters. The van der Waals surface area contributed by atoms with E-state index in [2.05, 4.69) is 24.3 Å². The first kappa shape index (κ1) is 19.0. The Kier molecular flexibility index (Phi) is 5.54. The third-order valence-corrected chi connectivity index (χ3v) is 4.70. The van der Waals surface area contributed by atoms with E-state index in [1.807, 2.05) is 24.3 Å². The minimum absolute atomic E-state index is 0.336. The molecule has 1 aliphatic rings. The number of methoxy groups -OCH3 is 1. The first-order valence-corrected chi connectivity index (χ1v) is 9.29.